The zero-order valence-electron chi connectivity index (χ0n) is 18.4. The second-order valence-corrected chi connectivity index (χ2v) is 8.08. The third-order valence-electron chi connectivity index (χ3n) is 5.51. The Kier molecular flexibility index (Phi) is 7.80. The Labute approximate surface area is 189 Å². The highest BCUT2D eigenvalue weighted by Crippen LogP contribution is 2.35. The third-order valence-corrected chi connectivity index (χ3v) is 5.82. The van der Waals surface area contributed by atoms with E-state index in [-0.39, 0.29) is 17.9 Å². The number of para-hydroxylation sites is 1. The lowest BCUT2D eigenvalue weighted by Gasteiger charge is -2.37. The van der Waals surface area contributed by atoms with Crippen molar-refractivity contribution in [3.05, 3.63) is 53.1 Å². The molecular weight excluding hydrogens is 414 g/mol. The summed E-state index contributed by atoms with van der Waals surface area (Å²) < 4.78 is 5.78. The van der Waals surface area contributed by atoms with Gasteiger partial charge in [-0.05, 0) is 49.7 Å². The topological polar surface area (TPSA) is 61.9 Å². The molecule has 1 N–H and O–H groups in total. The molecule has 1 aliphatic rings. The molecule has 1 atom stereocenters. The van der Waals surface area contributed by atoms with Gasteiger partial charge < -0.3 is 19.9 Å². The molecule has 0 spiro atoms. The van der Waals surface area contributed by atoms with Crippen molar-refractivity contribution >= 4 is 34.8 Å². The molecule has 1 heterocycles. The van der Waals surface area contributed by atoms with E-state index in [0.717, 1.165) is 17.9 Å². The van der Waals surface area contributed by atoms with Crippen LogP contribution in [0.25, 0.3) is 0 Å². The van der Waals surface area contributed by atoms with Crippen LogP contribution in [-0.4, -0.2) is 49.0 Å². The van der Waals surface area contributed by atoms with Crippen molar-refractivity contribution in [1.29, 1.82) is 0 Å². The van der Waals surface area contributed by atoms with Gasteiger partial charge in [0.25, 0.3) is 5.91 Å². The van der Waals surface area contributed by atoms with Gasteiger partial charge >= 0.3 is 0 Å². The number of nitrogens with one attached hydrogen (secondary N) is 1. The summed E-state index contributed by atoms with van der Waals surface area (Å²) in [6, 6.07) is 12.6. The van der Waals surface area contributed by atoms with Gasteiger partial charge in [0.2, 0.25) is 5.91 Å². The first-order valence-electron chi connectivity index (χ1n) is 10.8. The highest BCUT2D eigenvalue weighted by Gasteiger charge is 2.24. The monoisotopic (exact) mass is 443 g/mol. The van der Waals surface area contributed by atoms with E-state index in [0.29, 0.717) is 48.9 Å². The van der Waals surface area contributed by atoms with E-state index in [9.17, 15) is 9.59 Å². The van der Waals surface area contributed by atoms with Crippen LogP contribution < -0.4 is 15.0 Å². The third kappa shape index (κ3) is 5.70. The average molecular weight is 444 g/mol. The number of ether oxygens (including phenoxy) is 1. The van der Waals surface area contributed by atoms with Crippen molar-refractivity contribution in [2.45, 2.75) is 39.7 Å². The molecule has 2 aromatic carbocycles. The molecule has 0 saturated carbocycles. The van der Waals surface area contributed by atoms with Crippen LogP contribution in [0.3, 0.4) is 0 Å². The van der Waals surface area contributed by atoms with E-state index in [1.807, 2.05) is 49.1 Å². The van der Waals surface area contributed by atoms with Crippen molar-refractivity contribution in [1.82, 2.24) is 4.90 Å². The lowest BCUT2D eigenvalue weighted by molar-refractivity contribution is -0.131. The second kappa shape index (κ2) is 10.5. The molecule has 0 radical (unpaired) electrons. The SMILES string of the molecule is CCC(=O)N1CCN(c2c(Cl)cccc2NC(=O)c2ccc(OC(C)CC)cc2)CC1. The van der Waals surface area contributed by atoms with E-state index in [4.69, 9.17) is 16.3 Å². The predicted molar refractivity (Wildman–Crippen MR) is 125 cm³/mol. The maximum atomic E-state index is 12.9. The summed E-state index contributed by atoms with van der Waals surface area (Å²) in [5, 5.41) is 3.57. The highest BCUT2D eigenvalue weighted by molar-refractivity contribution is 6.34. The number of nitrogens with zero attached hydrogens (tertiary/aromatic N) is 2. The average Bonchev–Trinajstić information content (AvgIpc) is 2.79. The first-order chi connectivity index (χ1) is 14.9. The number of piperazine rings is 1. The summed E-state index contributed by atoms with van der Waals surface area (Å²) in [7, 11) is 0. The molecule has 0 aromatic heterocycles. The Balaban J connectivity index is 1.72. The molecule has 3 rings (SSSR count). The molecule has 1 unspecified atom stereocenters. The number of amides is 2. The lowest BCUT2D eigenvalue weighted by Crippen LogP contribution is -2.48. The maximum absolute atomic E-state index is 12.9. The number of benzene rings is 2. The minimum atomic E-state index is -0.210. The van der Waals surface area contributed by atoms with E-state index in [1.54, 1.807) is 12.1 Å². The van der Waals surface area contributed by atoms with Crippen molar-refractivity contribution in [3.63, 3.8) is 0 Å². The van der Waals surface area contributed by atoms with Crippen LogP contribution in [0.2, 0.25) is 5.02 Å². The van der Waals surface area contributed by atoms with Gasteiger partial charge in [0.1, 0.15) is 5.75 Å². The van der Waals surface area contributed by atoms with Gasteiger partial charge in [-0.1, -0.05) is 31.5 Å². The van der Waals surface area contributed by atoms with Gasteiger partial charge in [0.05, 0.1) is 22.5 Å². The Morgan fingerprint density at radius 2 is 1.74 bits per heavy atom. The van der Waals surface area contributed by atoms with Gasteiger partial charge in [-0.3, -0.25) is 9.59 Å². The van der Waals surface area contributed by atoms with Crippen molar-refractivity contribution < 1.29 is 14.3 Å². The Hall–Kier alpha value is -2.73. The summed E-state index contributed by atoms with van der Waals surface area (Å²) in [6.07, 6.45) is 1.55. The number of rotatable bonds is 7. The smallest absolute Gasteiger partial charge is 0.255 e. The summed E-state index contributed by atoms with van der Waals surface area (Å²) in [6.45, 7) is 8.57. The summed E-state index contributed by atoms with van der Waals surface area (Å²) in [5.41, 5.74) is 1.99. The molecule has 166 valence electrons. The maximum Gasteiger partial charge on any atom is 0.255 e. The fraction of sp³-hybridized carbons (Fsp3) is 0.417. The van der Waals surface area contributed by atoms with Gasteiger partial charge in [0, 0.05) is 38.2 Å². The molecule has 1 fully saturated rings. The van der Waals surface area contributed by atoms with Crippen LogP contribution in [0.4, 0.5) is 11.4 Å². The molecule has 0 aliphatic carbocycles. The standard InChI is InChI=1S/C24H30ClN3O3/c1-4-17(3)31-19-11-9-18(10-12-19)24(30)26-21-8-6-7-20(25)23(21)28-15-13-27(14-16-28)22(29)5-2/h6-12,17H,4-5,13-16H2,1-3H3,(H,26,30). The van der Waals surface area contributed by atoms with Gasteiger partial charge in [-0.25, -0.2) is 0 Å². The van der Waals surface area contributed by atoms with Crippen LogP contribution >= 0.6 is 11.6 Å². The largest absolute Gasteiger partial charge is 0.491 e. The highest BCUT2D eigenvalue weighted by atomic mass is 35.5. The number of hydrogen-bond donors (Lipinski definition) is 1. The molecule has 2 aromatic rings. The van der Waals surface area contributed by atoms with Crippen LogP contribution in [0, 0.1) is 0 Å². The fourth-order valence-corrected chi connectivity index (χ4v) is 3.83. The van der Waals surface area contributed by atoms with Crippen molar-refractivity contribution in [2.24, 2.45) is 0 Å². The fourth-order valence-electron chi connectivity index (χ4n) is 3.54. The van der Waals surface area contributed by atoms with Crippen LogP contribution in [-0.2, 0) is 4.79 Å². The zero-order chi connectivity index (χ0) is 22.4. The molecular formula is C24H30ClN3O3. The molecule has 7 heteroatoms. The van der Waals surface area contributed by atoms with E-state index < -0.39 is 0 Å². The lowest BCUT2D eigenvalue weighted by atomic mass is 10.1. The normalized spacial score (nSPS) is 14.8. The van der Waals surface area contributed by atoms with E-state index in [1.165, 1.54) is 0 Å². The molecule has 2 amide bonds. The minimum absolute atomic E-state index is 0.127. The molecule has 31 heavy (non-hydrogen) atoms. The van der Waals surface area contributed by atoms with Gasteiger partial charge in [-0.15, -0.1) is 0 Å². The Morgan fingerprint density at radius 3 is 2.35 bits per heavy atom. The van der Waals surface area contributed by atoms with Crippen LogP contribution in [0.15, 0.2) is 42.5 Å². The number of carbonyl (C=O) groups is 2. The molecule has 1 saturated heterocycles. The van der Waals surface area contributed by atoms with Crippen molar-refractivity contribution in [3.8, 4) is 5.75 Å². The first kappa shape index (κ1) is 22.9. The van der Waals surface area contributed by atoms with Crippen LogP contribution in [0.5, 0.6) is 5.75 Å². The van der Waals surface area contributed by atoms with Crippen LogP contribution in [0.1, 0.15) is 44.0 Å². The summed E-state index contributed by atoms with van der Waals surface area (Å²) in [5.74, 6) is 0.695. The quantitative estimate of drug-likeness (QED) is 0.665. The Bertz CT molecular complexity index is 909. The van der Waals surface area contributed by atoms with E-state index >= 15 is 0 Å². The molecule has 0 bridgehead atoms. The number of carbonyl (C=O) groups excluding carboxylic acids is 2. The number of anilines is 2. The van der Waals surface area contributed by atoms with Gasteiger partial charge in [0.15, 0.2) is 0 Å². The predicted octanol–water partition coefficient (Wildman–Crippen LogP) is 4.83. The first-order valence-corrected chi connectivity index (χ1v) is 11.2. The molecule has 6 nitrogen and oxygen atoms in total. The van der Waals surface area contributed by atoms with E-state index in [2.05, 4.69) is 17.1 Å². The summed E-state index contributed by atoms with van der Waals surface area (Å²) >= 11 is 6.51. The minimum Gasteiger partial charge on any atom is -0.491 e. The number of halogens is 1. The zero-order valence-corrected chi connectivity index (χ0v) is 19.1. The molecule has 1 aliphatic heterocycles. The summed E-state index contributed by atoms with van der Waals surface area (Å²) in [4.78, 5) is 28.8. The Morgan fingerprint density at radius 1 is 1.06 bits per heavy atom. The second-order valence-electron chi connectivity index (χ2n) is 7.67. The van der Waals surface area contributed by atoms with Gasteiger partial charge in [-0.2, -0.15) is 0 Å². The van der Waals surface area contributed by atoms with Crippen molar-refractivity contribution in [2.75, 3.05) is 36.4 Å². The number of hydrogen-bond acceptors (Lipinski definition) is 4.